The normalized spacial score (nSPS) is 6.00. The Hall–Kier alpha value is 0.797. The summed E-state index contributed by atoms with van der Waals surface area (Å²) >= 11 is 0. The van der Waals surface area contributed by atoms with Gasteiger partial charge in [-0.2, -0.15) is 0 Å². The highest BCUT2D eigenvalue weighted by molar-refractivity contribution is 5.85. The summed E-state index contributed by atoms with van der Waals surface area (Å²) in [6.07, 6.45) is 7.01. The number of hydrogen-bond donors (Lipinski definition) is 0. The lowest BCUT2D eigenvalue weighted by atomic mass is 10.2. The van der Waals surface area contributed by atoms with E-state index in [9.17, 15) is 0 Å². The fraction of sp³-hybridized carbons (Fsp3) is 1.00. The molecular formula is C8H26Cl2Si. The summed E-state index contributed by atoms with van der Waals surface area (Å²) in [6, 6.07) is 0. The molecular weight excluding hydrogens is 195 g/mol. The number of rotatable bonds is 4. The van der Waals surface area contributed by atoms with Crippen molar-refractivity contribution in [2.75, 3.05) is 0 Å². The standard InChI is InChI=1S/C7H16.CH4.2ClH.H4Si/c1-3-5-7-6-4-2;;;;/h3-7H2,1-2H3;1H4;2*1H;1H4. The summed E-state index contributed by atoms with van der Waals surface area (Å²) in [5, 5.41) is 0. The van der Waals surface area contributed by atoms with Crippen LogP contribution in [0.1, 0.15) is 53.4 Å². The predicted octanol–water partition coefficient (Wildman–Crippen LogP) is 3.00. The van der Waals surface area contributed by atoms with E-state index in [4.69, 9.17) is 0 Å². The van der Waals surface area contributed by atoms with Gasteiger partial charge in [0.1, 0.15) is 0 Å². The molecule has 0 aliphatic heterocycles. The van der Waals surface area contributed by atoms with E-state index < -0.39 is 0 Å². The second-order valence-electron chi connectivity index (χ2n) is 2.06. The van der Waals surface area contributed by atoms with E-state index in [1.807, 2.05) is 0 Å². The minimum absolute atomic E-state index is 0. The highest BCUT2D eigenvalue weighted by Crippen LogP contribution is 2.00. The molecule has 0 spiro atoms. The minimum atomic E-state index is 0. The first kappa shape index (κ1) is 29.8. The molecule has 0 unspecified atom stereocenters. The van der Waals surface area contributed by atoms with Crippen LogP contribution in [-0.4, -0.2) is 11.0 Å². The molecule has 0 saturated carbocycles. The van der Waals surface area contributed by atoms with Crippen molar-refractivity contribution in [3.8, 4) is 0 Å². The van der Waals surface area contributed by atoms with Crippen LogP contribution in [0.4, 0.5) is 0 Å². The van der Waals surface area contributed by atoms with Gasteiger partial charge in [0.2, 0.25) is 0 Å². The summed E-state index contributed by atoms with van der Waals surface area (Å²) in [6.45, 7) is 4.49. The average Bonchev–Trinajstić information content (AvgIpc) is 1.69. The molecule has 0 rings (SSSR count). The molecule has 0 radical (unpaired) electrons. The first-order valence-electron chi connectivity index (χ1n) is 3.41. The zero-order valence-electron chi connectivity index (χ0n) is 6.35. The van der Waals surface area contributed by atoms with E-state index in [1.54, 1.807) is 0 Å². The molecule has 0 aliphatic rings. The quantitative estimate of drug-likeness (QED) is 0.505. The minimum Gasteiger partial charge on any atom is -0.147 e. The zero-order valence-corrected chi connectivity index (χ0v) is 7.99. The van der Waals surface area contributed by atoms with E-state index in [2.05, 4.69) is 13.8 Å². The zero-order chi connectivity index (χ0) is 5.54. The summed E-state index contributed by atoms with van der Waals surface area (Å²) in [5.41, 5.74) is 0. The second kappa shape index (κ2) is 30.8. The lowest BCUT2D eigenvalue weighted by Gasteiger charge is -1.90. The van der Waals surface area contributed by atoms with Crippen LogP contribution in [0.15, 0.2) is 0 Å². The molecule has 0 heterocycles. The lowest BCUT2D eigenvalue weighted by molar-refractivity contribution is 0.656. The molecule has 0 nitrogen and oxygen atoms in total. The topological polar surface area (TPSA) is 0 Å². The largest absolute Gasteiger partial charge is 0.147 e. The maximum absolute atomic E-state index is 2.25. The summed E-state index contributed by atoms with van der Waals surface area (Å²) in [7, 11) is 0. The van der Waals surface area contributed by atoms with Gasteiger partial charge in [0, 0.05) is 0 Å². The van der Waals surface area contributed by atoms with Crippen molar-refractivity contribution >= 4 is 35.8 Å². The van der Waals surface area contributed by atoms with Crippen LogP contribution in [0.5, 0.6) is 0 Å². The third kappa shape index (κ3) is 36.3. The van der Waals surface area contributed by atoms with Crippen LogP contribution in [0.2, 0.25) is 0 Å². The average molecular weight is 221 g/mol. The Morgan fingerprint density at radius 2 is 1.00 bits per heavy atom. The molecule has 0 aromatic rings. The smallest absolute Gasteiger partial charge is 0.0149 e. The molecule has 0 saturated heterocycles. The molecule has 11 heavy (non-hydrogen) atoms. The first-order valence-corrected chi connectivity index (χ1v) is 3.41. The van der Waals surface area contributed by atoms with Crippen molar-refractivity contribution in [3.63, 3.8) is 0 Å². The van der Waals surface area contributed by atoms with E-state index in [0.717, 1.165) is 0 Å². The molecule has 0 amide bonds. The van der Waals surface area contributed by atoms with Crippen LogP contribution >= 0.6 is 24.8 Å². The Bertz CT molecular complexity index is 31.3. The summed E-state index contributed by atoms with van der Waals surface area (Å²) in [5.74, 6) is 0. The highest BCUT2D eigenvalue weighted by Gasteiger charge is 1.80. The van der Waals surface area contributed by atoms with Crippen molar-refractivity contribution in [1.82, 2.24) is 0 Å². The summed E-state index contributed by atoms with van der Waals surface area (Å²) < 4.78 is 0. The third-order valence-electron chi connectivity index (χ3n) is 1.21. The number of halogens is 2. The fourth-order valence-electron chi connectivity index (χ4n) is 0.677. The molecule has 0 bridgehead atoms. The third-order valence-corrected chi connectivity index (χ3v) is 1.21. The Morgan fingerprint density at radius 3 is 1.18 bits per heavy atom. The van der Waals surface area contributed by atoms with E-state index in [-0.39, 0.29) is 43.2 Å². The summed E-state index contributed by atoms with van der Waals surface area (Å²) in [4.78, 5) is 0. The van der Waals surface area contributed by atoms with Gasteiger partial charge in [0.25, 0.3) is 0 Å². The van der Waals surface area contributed by atoms with Crippen LogP contribution in [0, 0.1) is 0 Å². The molecule has 0 atom stereocenters. The molecule has 3 heteroatoms. The second-order valence-corrected chi connectivity index (χ2v) is 2.06. The SMILES string of the molecule is C.CCCCCCC.Cl.Cl.[SiH4]. The van der Waals surface area contributed by atoms with Crippen molar-refractivity contribution in [1.29, 1.82) is 0 Å². The van der Waals surface area contributed by atoms with E-state index in [1.165, 1.54) is 32.1 Å². The van der Waals surface area contributed by atoms with Gasteiger partial charge in [-0.3, -0.25) is 0 Å². The van der Waals surface area contributed by atoms with Gasteiger partial charge in [0.05, 0.1) is 0 Å². The Labute approximate surface area is 89.4 Å². The monoisotopic (exact) mass is 220 g/mol. The highest BCUT2D eigenvalue weighted by atomic mass is 35.5. The van der Waals surface area contributed by atoms with Gasteiger partial charge in [-0.15, -0.1) is 24.8 Å². The number of unbranched alkanes of at least 4 members (excludes halogenated alkanes) is 4. The Balaban J connectivity index is -0.0000000300. The van der Waals surface area contributed by atoms with Gasteiger partial charge in [-0.25, -0.2) is 0 Å². The van der Waals surface area contributed by atoms with Gasteiger partial charge in [-0.05, 0) is 11.0 Å². The Morgan fingerprint density at radius 1 is 0.727 bits per heavy atom. The number of hydrogen-bond acceptors (Lipinski definition) is 0. The molecule has 0 N–H and O–H groups in total. The van der Waals surface area contributed by atoms with E-state index >= 15 is 0 Å². The lowest BCUT2D eigenvalue weighted by Crippen LogP contribution is -1.70. The molecule has 0 aliphatic carbocycles. The maximum Gasteiger partial charge on any atom is -0.0149 e. The molecule has 0 aromatic carbocycles. The van der Waals surface area contributed by atoms with Gasteiger partial charge >= 0.3 is 0 Å². The molecule has 0 fully saturated rings. The van der Waals surface area contributed by atoms with Crippen LogP contribution in [-0.2, 0) is 0 Å². The van der Waals surface area contributed by atoms with Crippen molar-refractivity contribution in [3.05, 3.63) is 0 Å². The fourth-order valence-corrected chi connectivity index (χ4v) is 0.677. The van der Waals surface area contributed by atoms with Crippen molar-refractivity contribution < 1.29 is 0 Å². The predicted molar refractivity (Wildman–Crippen MR) is 67.0 cm³/mol. The first-order chi connectivity index (χ1) is 3.41. The molecule has 76 valence electrons. The Kier molecular flexibility index (Phi) is 83.5. The maximum atomic E-state index is 2.25. The van der Waals surface area contributed by atoms with Gasteiger partial charge in [-0.1, -0.05) is 53.4 Å². The van der Waals surface area contributed by atoms with Crippen LogP contribution in [0.25, 0.3) is 0 Å². The van der Waals surface area contributed by atoms with Crippen LogP contribution < -0.4 is 0 Å². The molecule has 0 aromatic heterocycles. The van der Waals surface area contributed by atoms with E-state index in [0.29, 0.717) is 0 Å². The van der Waals surface area contributed by atoms with Gasteiger partial charge in [0.15, 0.2) is 0 Å². The van der Waals surface area contributed by atoms with Crippen LogP contribution in [0.3, 0.4) is 0 Å². The van der Waals surface area contributed by atoms with Crippen molar-refractivity contribution in [2.24, 2.45) is 0 Å². The van der Waals surface area contributed by atoms with Gasteiger partial charge < -0.3 is 0 Å². The van der Waals surface area contributed by atoms with Crippen molar-refractivity contribution in [2.45, 2.75) is 53.4 Å².